The number of nitrogens with one attached hydrogen (secondary N) is 1. The van der Waals surface area contributed by atoms with Gasteiger partial charge in [0.15, 0.2) is 0 Å². The van der Waals surface area contributed by atoms with Crippen LogP contribution in [-0.4, -0.2) is 33.4 Å². The van der Waals surface area contributed by atoms with Crippen molar-refractivity contribution >= 4 is 5.91 Å². The number of aromatic nitrogens is 2. The van der Waals surface area contributed by atoms with E-state index in [-0.39, 0.29) is 24.6 Å². The van der Waals surface area contributed by atoms with Crippen LogP contribution >= 0.6 is 0 Å². The summed E-state index contributed by atoms with van der Waals surface area (Å²) < 4.78 is 1.99. The Morgan fingerprint density at radius 2 is 2.14 bits per heavy atom. The molecular formula is C16H25N3O2. The van der Waals surface area contributed by atoms with Crippen molar-refractivity contribution in [2.75, 3.05) is 6.61 Å². The fourth-order valence-corrected chi connectivity index (χ4v) is 3.03. The molecule has 0 bridgehead atoms. The molecule has 1 aromatic heterocycles. The molecule has 0 spiro atoms. The lowest BCUT2D eigenvalue weighted by Gasteiger charge is -2.18. The summed E-state index contributed by atoms with van der Waals surface area (Å²) in [7, 11) is 0. The zero-order chi connectivity index (χ0) is 15.0. The molecule has 3 rings (SSSR count). The van der Waals surface area contributed by atoms with Crippen molar-refractivity contribution in [3.05, 3.63) is 17.5 Å². The minimum absolute atomic E-state index is 0.0193. The molecule has 21 heavy (non-hydrogen) atoms. The Morgan fingerprint density at radius 1 is 1.43 bits per heavy atom. The van der Waals surface area contributed by atoms with Gasteiger partial charge < -0.3 is 10.4 Å². The topological polar surface area (TPSA) is 67.2 Å². The van der Waals surface area contributed by atoms with Crippen LogP contribution in [0.4, 0.5) is 0 Å². The maximum absolute atomic E-state index is 12.6. The summed E-state index contributed by atoms with van der Waals surface area (Å²) in [4.78, 5) is 12.6. The van der Waals surface area contributed by atoms with E-state index in [1.165, 1.54) is 0 Å². The normalized spacial score (nSPS) is 19.8. The molecule has 1 amide bonds. The number of rotatable bonds is 7. The number of hydrogen-bond acceptors (Lipinski definition) is 3. The van der Waals surface area contributed by atoms with Crippen LogP contribution in [0.25, 0.3) is 0 Å². The predicted octanol–water partition coefficient (Wildman–Crippen LogP) is 2.23. The molecule has 2 N–H and O–H groups in total. The first-order chi connectivity index (χ1) is 10.1. The van der Waals surface area contributed by atoms with Gasteiger partial charge in [-0.15, -0.1) is 0 Å². The molecule has 0 aromatic carbocycles. The van der Waals surface area contributed by atoms with E-state index in [0.717, 1.165) is 36.9 Å². The van der Waals surface area contributed by atoms with Crippen molar-refractivity contribution in [2.24, 2.45) is 5.92 Å². The number of aliphatic hydroxyl groups excluding tert-OH is 1. The lowest BCUT2D eigenvalue weighted by atomic mass is 10.1. The second-order valence-electron chi connectivity index (χ2n) is 6.69. The molecule has 0 radical (unpaired) electrons. The van der Waals surface area contributed by atoms with E-state index < -0.39 is 0 Å². The maximum atomic E-state index is 12.6. The number of amides is 1. The highest BCUT2D eigenvalue weighted by atomic mass is 16.3. The minimum Gasteiger partial charge on any atom is -0.396 e. The molecule has 1 unspecified atom stereocenters. The summed E-state index contributed by atoms with van der Waals surface area (Å²) in [5, 5.41) is 16.7. The Labute approximate surface area is 125 Å². The predicted molar refractivity (Wildman–Crippen MR) is 80.3 cm³/mol. The van der Waals surface area contributed by atoms with Crippen LogP contribution in [0.2, 0.25) is 0 Å². The molecular weight excluding hydrogens is 266 g/mol. The van der Waals surface area contributed by atoms with E-state index in [0.29, 0.717) is 18.3 Å². The summed E-state index contributed by atoms with van der Waals surface area (Å²) in [6.07, 6.45) is 6.99. The van der Waals surface area contributed by atoms with E-state index >= 15 is 0 Å². The number of aliphatic hydroxyl groups is 1. The van der Waals surface area contributed by atoms with Gasteiger partial charge >= 0.3 is 0 Å². The van der Waals surface area contributed by atoms with Crippen molar-refractivity contribution in [3.8, 4) is 0 Å². The van der Waals surface area contributed by atoms with Crippen molar-refractivity contribution in [2.45, 2.75) is 64.0 Å². The molecule has 0 saturated heterocycles. The third-order valence-electron chi connectivity index (χ3n) is 4.48. The van der Waals surface area contributed by atoms with Gasteiger partial charge in [-0.2, -0.15) is 5.10 Å². The number of hydrogen-bond donors (Lipinski definition) is 2. The van der Waals surface area contributed by atoms with Gasteiger partial charge in [-0.3, -0.25) is 9.48 Å². The van der Waals surface area contributed by atoms with Crippen LogP contribution in [-0.2, 0) is 0 Å². The molecule has 2 saturated carbocycles. The van der Waals surface area contributed by atoms with E-state index in [1.807, 2.05) is 4.68 Å². The molecule has 2 fully saturated rings. The Bertz CT molecular complexity index is 516. The average molecular weight is 291 g/mol. The summed E-state index contributed by atoms with van der Waals surface area (Å²) in [6.45, 7) is 4.32. The monoisotopic (exact) mass is 291 g/mol. The van der Waals surface area contributed by atoms with Crippen LogP contribution in [0.1, 0.15) is 74.0 Å². The molecule has 2 aliphatic rings. The standard InChI is InChI=1S/C16H25N3O2/c1-10(2)19-15(12-5-6-12)13(9-17-19)16(21)18-14(7-8-20)11-3-4-11/h9-12,14,20H,3-8H2,1-2H3,(H,18,21). The highest BCUT2D eigenvalue weighted by molar-refractivity contribution is 5.95. The van der Waals surface area contributed by atoms with Gasteiger partial charge in [0.1, 0.15) is 0 Å². The SMILES string of the molecule is CC(C)n1ncc(C(=O)NC(CCO)C2CC2)c1C1CC1. The van der Waals surface area contributed by atoms with Gasteiger partial charge in [-0.1, -0.05) is 0 Å². The van der Waals surface area contributed by atoms with Crippen molar-refractivity contribution in [1.29, 1.82) is 0 Å². The first kappa shape index (κ1) is 14.6. The molecule has 5 nitrogen and oxygen atoms in total. The second kappa shape index (κ2) is 5.79. The average Bonchev–Trinajstić information content (AvgIpc) is 3.35. The quantitative estimate of drug-likeness (QED) is 0.809. The van der Waals surface area contributed by atoms with Gasteiger partial charge in [-0.25, -0.2) is 0 Å². The van der Waals surface area contributed by atoms with Gasteiger partial charge in [-0.05, 0) is 51.9 Å². The van der Waals surface area contributed by atoms with Gasteiger partial charge in [0.2, 0.25) is 0 Å². The Hall–Kier alpha value is -1.36. The van der Waals surface area contributed by atoms with Crippen LogP contribution in [0.3, 0.4) is 0 Å². The van der Waals surface area contributed by atoms with Crippen molar-refractivity contribution in [1.82, 2.24) is 15.1 Å². The minimum atomic E-state index is -0.0193. The van der Waals surface area contributed by atoms with Crippen LogP contribution in [0.15, 0.2) is 6.20 Å². The number of carbonyl (C=O) groups excluding carboxylic acids is 1. The Balaban J connectivity index is 1.77. The molecule has 116 valence electrons. The Morgan fingerprint density at radius 3 is 2.67 bits per heavy atom. The number of carbonyl (C=O) groups is 1. The smallest absolute Gasteiger partial charge is 0.254 e. The van der Waals surface area contributed by atoms with E-state index in [2.05, 4.69) is 24.3 Å². The van der Waals surface area contributed by atoms with Crippen LogP contribution in [0.5, 0.6) is 0 Å². The van der Waals surface area contributed by atoms with E-state index in [1.54, 1.807) is 6.20 Å². The molecule has 2 aliphatic carbocycles. The first-order valence-corrected chi connectivity index (χ1v) is 8.11. The van der Waals surface area contributed by atoms with Crippen molar-refractivity contribution < 1.29 is 9.90 Å². The lowest BCUT2D eigenvalue weighted by molar-refractivity contribution is 0.0923. The van der Waals surface area contributed by atoms with Crippen molar-refractivity contribution in [3.63, 3.8) is 0 Å². The van der Waals surface area contributed by atoms with E-state index in [4.69, 9.17) is 5.11 Å². The summed E-state index contributed by atoms with van der Waals surface area (Å²) >= 11 is 0. The second-order valence-corrected chi connectivity index (χ2v) is 6.69. The third kappa shape index (κ3) is 3.12. The fourth-order valence-electron chi connectivity index (χ4n) is 3.03. The largest absolute Gasteiger partial charge is 0.396 e. The van der Waals surface area contributed by atoms with E-state index in [9.17, 15) is 4.79 Å². The summed E-state index contributed by atoms with van der Waals surface area (Å²) in [6, 6.07) is 0.385. The van der Waals surface area contributed by atoms with Crippen LogP contribution in [0, 0.1) is 5.92 Å². The molecule has 1 aromatic rings. The lowest BCUT2D eigenvalue weighted by Crippen LogP contribution is -2.37. The van der Waals surface area contributed by atoms with Gasteiger partial charge in [0, 0.05) is 24.6 Å². The Kier molecular flexibility index (Phi) is 4.02. The summed E-state index contributed by atoms with van der Waals surface area (Å²) in [5.41, 5.74) is 1.83. The zero-order valence-electron chi connectivity index (χ0n) is 12.9. The first-order valence-electron chi connectivity index (χ1n) is 8.11. The molecule has 1 atom stereocenters. The molecule has 5 heteroatoms. The summed E-state index contributed by atoms with van der Waals surface area (Å²) in [5.74, 6) is 1.02. The molecule has 0 aliphatic heterocycles. The highest BCUT2D eigenvalue weighted by Gasteiger charge is 2.36. The van der Waals surface area contributed by atoms with Crippen LogP contribution < -0.4 is 5.32 Å². The highest BCUT2D eigenvalue weighted by Crippen LogP contribution is 2.42. The van der Waals surface area contributed by atoms with Gasteiger partial charge in [0.25, 0.3) is 5.91 Å². The number of nitrogens with zero attached hydrogens (tertiary/aromatic N) is 2. The maximum Gasteiger partial charge on any atom is 0.254 e. The van der Waals surface area contributed by atoms with Gasteiger partial charge in [0.05, 0.1) is 17.5 Å². The molecule has 1 heterocycles. The fraction of sp³-hybridized carbons (Fsp3) is 0.750. The third-order valence-corrected chi connectivity index (χ3v) is 4.48. The zero-order valence-corrected chi connectivity index (χ0v) is 12.9.